The van der Waals surface area contributed by atoms with Crippen molar-refractivity contribution in [1.29, 1.82) is 0 Å². The molecule has 18 heavy (non-hydrogen) atoms. The molecule has 2 N–H and O–H groups in total. The molecule has 1 aromatic carbocycles. The standard InChI is InChI=1S/C14H21FN2O/c1-18-13-3-2-11(14(15)10-13)4-9-17-12-5-7-16-8-6-12/h2-3,10,12,16-17H,4-9H2,1H3. The first-order chi connectivity index (χ1) is 8.79. The summed E-state index contributed by atoms with van der Waals surface area (Å²) in [6.07, 6.45) is 3.04. The molecule has 0 aromatic heterocycles. The summed E-state index contributed by atoms with van der Waals surface area (Å²) in [5, 5.41) is 6.82. The lowest BCUT2D eigenvalue weighted by atomic mass is 10.1. The van der Waals surface area contributed by atoms with Crippen LogP contribution < -0.4 is 15.4 Å². The number of halogens is 1. The average molecular weight is 252 g/mol. The fourth-order valence-corrected chi connectivity index (χ4v) is 2.29. The van der Waals surface area contributed by atoms with Crippen molar-refractivity contribution in [3.63, 3.8) is 0 Å². The van der Waals surface area contributed by atoms with Crippen LogP contribution in [-0.2, 0) is 6.42 Å². The Hall–Kier alpha value is -1.13. The van der Waals surface area contributed by atoms with Gasteiger partial charge in [0.05, 0.1) is 7.11 Å². The zero-order valence-corrected chi connectivity index (χ0v) is 10.8. The van der Waals surface area contributed by atoms with Gasteiger partial charge in [0.15, 0.2) is 0 Å². The van der Waals surface area contributed by atoms with Gasteiger partial charge in [-0.3, -0.25) is 0 Å². The van der Waals surface area contributed by atoms with Crippen molar-refractivity contribution in [2.45, 2.75) is 25.3 Å². The summed E-state index contributed by atoms with van der Waals surface area (Å²) in [4.78, 5) is 0. The maximum atomic E-state index is 13.7. The molecule has 1 fully saturated rings. The van der Waals surface area contributed by atoms with Crippen molar-refractivity contribution in [2.75, 3.05) is 26.7 Å². The molecule has 0 radical (unpaired) electrons. The largest absolute Gasteiger partial charge is 0.497 e. The molecular weight excluding hydrogens is 231 g/mol. The smallest absolute Gasteiger partial charge is 0.130 e. The topological polar surface area (TPSA) is 33.3 Å². The van der Waals surface area contributed by atoms with E-state index in [1.807, 2.05) is 6.07 Å². The summed E-state index contributed by atoms with van der Waals surface area (Å²) in [6.45, 7) is 2.98. The summed E-state index contributed by atoms with van der Waals surface area (Å²) in [5.41, 5.74) is 0.747. The van der Waals surface area contributed by atoms with Gasteiger partial charge in [-0.1, -0.05) is 6.07 Å². The molecule has 1 heterocycles. The Bertz CT molecular complexity index is 378. The molecule has 0 unspecified atom stereocenters. The Morgan fingerprint density at radius 1 is 1.39 bits per heavy atom. The molecule has 2 rings (SSSR count). The van der Waals surface area contributed by atoms with Gasteiger partial charge in [0, 0.05) is 12.1 Å². The zero-order valence-electron chi connectivity index (χ0n) is 10.8. The Labute approximate surface area is 108 Å². The molecule has 0 atom stereocenters. The van der Waals surface area contributed by atoms with E-state index in [4.69, 9.17) is 4.74 Å². The van der Waals surface area contributed by atoms with E-state index in [9.17, 15) is 4.39 Å². The second-order valence-electron chi connectivity index (χ2n) is 4.69. The predicted molar refractivity (Wildman–Crippen MR) is 70.6 cm³/mol. The van der Waals surface area contributed by atoms with Crippen LogP contribution in [0.1, 0.15) is 18.4 Å². The number of methoxy groups -OCH3 is 1. The Kier molecular flexibility index (Phi) is 4.96. The summed E-state index contributed by atoms with van der Waals surface area (Å²) in [6, 6.07) is 5.63. The van der Waals surface area contributed by atoms with Crippen LogP contribution in [-0.4, -0.2) is 32.8 Å². The highest BCUT2D eigenvalue weighted by Crippen LogP contribution is 2.16. The summed E-state index contributed by atoms with van der Waals surface area (Å²) in [5.74, 6) is 0.393. The minimum absolute atomic E-state index is 0.179. The van der Waals surface area contributed by atoms with Crippen molar-refractivity contribution < 1.29 is 9.13 Å². The van der Waals surface area contributed by atoms with Gasteiger partial charge in [-0.2, -0.15) is 0 Å². The molecule has 100 valence electrons. The summed E-state index contributed by atoms with van der Waals surface area (Å²) in [7, 11) is 1.55. The zero-order chi connectivity index (χ0) is 12.8. The predicted octanol–water partition coefficient (Wildman–Crippen LogP) is 1.72. The van der Waals surface area contributed by atoms with Crippen LogP contribution in [0.25, 0.3) is 0 Å². The summed E-state index contributed by atoms with van der Waals surface area (Å²) < 4.78 is 18.7. The number of hydrogen-bond acceptors (Lipinski definition) is 3. The molecule has 0 saturated carbocycles. The monoisotopic (exact) mass is 252 g/mol. The van der Waals surface area contributed by atoms with Gasteiger partial charge in [-0.15, -0.1) is 0 Å². The van der Waals surface area contributed by atoms with Crippen molar-refractivity contribution in [3.05, 3.63) is 29.6 Å². The fraction of sp³-hybridized carbons (Fsp3) is 0.571. The minimum Gasteiger partial charge on any atom is -0.497 e. The van der Waals surface area contributed by atoms with Crippen LogP contribution in [0, 0.1) is 5.82 Å². The van der Waals surface area contributed by atoms with E-state index in [1.165, 1.54) is 6.07 Å². The fourth-order valence-electron chi connectivity index (χ4n) is 2.29. The molecule has 0 amide bonds. The van der Waals surface area contributed by atoms with Crippen molar-refractivity contribution in [2.24, 2.45) is 0 Å². The van der Waals surface area contributed by atoms with E-state index >= 15 is 0 Å². The van der Waals surface area contributed by atoms with Gasteiger partial charge in [0.25, 0.3) is 0 Å². The highest BCUT2D eigenvalue weighted by Gasteiger charge is 2.12. The minimum atomic E-state index is -0.179. The molecule has 0 bridgehead atoms. The third-order valence-electron chi connectivity index (χ3n) is 3.43. The number of hydrogen-bond donors (Lipinski definition) is 2. The first-order valence-electron chi connectivity index (χ1n) is 6.56. The van der Waals surface area contributed by atoms with E-state index in [-0.39, 0.29) is 5.82 Å². The SMILES string of the molecule is COc1ccc(CCNC2CCNCC2)c(F)c1. The van der Waals surface area contributed by atoms with Crippen LogP contribution >= 0.6 is 0 Å². The lowest BCUT2D eigenvalue weighted by molar-refractivity contribution is 0.388. The average Bonchev–Trinajstić information content (AvgIpc) is 2.42. The number of rotatable bonds is 5. The molecule has 4 heteroatoms. The van der Waals surface area contributed by atoms with Gasteiger partial charge in [0.2, 0.25) is 0 Å². The van der Waals surface area contributed by atoms with Crippen LogP contribution in [0.15, 0.2) is 18.2 Å². The van der Waals surface area contributed by atoms with Crippen molar-refractivity contribution >= 4 is 0 Å². The van der Waals surface area contributed by atoms with Gasteiger partial charge < -0.3 is 15.4 Å². The van der Waals surface area contributed by atoms with Crippen molar-refractivity contribution in [3.8, 4) is 5.75 Å². The molecule has 1 aliphatic rings. The summed E-state index contributed by atoms with van der Waals surface area (Å²) >= 11 is 0. The van der Waals surface area contributed by atoms with E-state index in [0.717, 1.165) is 44.5 Å². The number of piperidine rings is 1. The maximum absolute atomic E-state index is 13.7. The number of benzene rings is 1. The second-order valence-corrected chi connectivity index (χ2v) is 4.69. The normalized spacial score (nSPS) is 16.8. The molecular formula is C14H21FN2O. The second kappa shape index (κ2) is 6.71. The molecule has 1 aromatic rings. The Balaban J connectivity index is 1.79. The quantitative estimate of drug-likeness (QED) is 0.837. The first-order valence-corrected chi connectivity index (χ1v) is 6.56. The maximum Gasteiger partial charge on any atom is 0.130 e. The van der Waals surface area contributed by atoms with Gasteiger partial charge in [0.1, 0.15) is 11.6 Å². The third-order valence-corrected chi connectivity index (χ3v) is 3.43. The van der Waals surface area contributed by atoms with Crippen LogP contribution in [0.2, 0.25) is 0 Å². The lowest BCUT2D eigenvalue weighted by Crippen LogP contribution is -2.40. The number of ether oxygens (including phenoxy) is 1. The first kappa shape index (κ1) is 13.3. The van der Waals surface area contributed by atoms with Crippen molar-refractivity contribution in [1.82, 2.24) is 10.6 Å². The molecule has 0 spiro atoms. The Morgan fingerprint density at radius 3 is 2.83 bits per heavy atom. The molecule has 0 aliphatic carbocycles. The molecule has 1 aliphatic heterocycles. The third kappa shape index (κ3) is 3.68. The van der Waals surface area contributed by atoms with E-state index in [2.05, 4.69) is 10.6 Å². The highest BCUT2D eigenvalue weighted by molar-refractivity contribution is 5.29. The molecule has 1 saturated heterocycles. The lowest BCUT2D eigenvalue weighted by Gasteiger charge is -2.23. The van der Waals surface area contributed by atoms with Crippen LogP contribution in [0.4, 0.5) is 4.39 Å². The van der Waals surface area contributed by atoms with E-state index < -0.39 is 0 Å². The van der Waals surface area contributed by atoms with Crippen LogP contribution in [0.3, 0.4) is 0 Å². The van der Waals surface area contributed by atoms with E-state index in [0.29, 0.717) is 11.8 Å². The number of nitrogens with one attached hydrogen (secondary N) is 2. The Morgan fingerprint density at radius 2 is 2.17 bits per heavy atom. The van der Waals surface area contributed by atoms with E-state index in [1.54, 1.807) is 13.2 Å². The molecule has 3 nitrogen and oxygen atoms in total. The van der Waals surface area contributed by atoms with Crippen LogP contribution in [0.5, 0.6) is 5.75 Å². The van der Waals surface area contributed by atoms with Gasteiger partial charge in [-0.25, -0.2) is 4.39 Å². The highest BCUT2D eigenvalue weighted by atomic mass is 19.1. The van der Waals surface area contributed by atoms with Gasteiger partial charge >= 0.3 is 0 Å². The van der Waals surface area contributed by atoms with Gasteiger partial charge in [-0.05, 0) is 50.5 Å².